The maximum atomic E-state index is 5.67. The standard InChI is InChI=1S/C8H13N7/c1-8(2,3)15-6-4(13-14-15)5(9)11-7(10)12-6/h1-3H3,(H4,9,10,11,12). The topological polar surface area (TPSA) is 109 Å². The first kappa shape index (κ1) is 9.63. The second-order valence-electron chi connectivity index (χ2n) is 4.31. The molecule has 0 fully saturated rings. The van der Waals surface area contributed by atoms with Gasteiger partial charge in [-0.05, 0) is 20.8 Å². The van der Waals surface area contributed by atoms with Crippen molar-refractivity contribution in [1.82, 2.24) is 25.0 Å². The summed E-state index contributed by atoms with van der Waals surface area (Å²) in [6, 6.07) is 0. The quantitative estimate of drug-likeness (QED) is 0.636. The molecule has 2 aromatic heterocycles. The second kappa shape index (κ2) is 2.78. The number of nitrogens with zero attached hydrogens (tertiary/aromatic N) is 5. The molecule has 0 aliphatic heterocycles. The third-order valence-corrected chi connectivity index (χ3v) is 1.98. The molecule has 7 nitrogen and oxygen atoms in total. The summed E-state index contributed by atoms with van der Waals surface area (Å²) in [4.78, 5) is 7.91. The van der Waals surface area contributed by atoms with Crippen molar-refractivity contribution in [1.29, 1.82) is 0 Å². The van der Waals surface area contributed by atoms with E-state index in [9.17, 15) is 0 Å². The summed E-state index contributed by atoms with van der Waals surface area (Å²) in [7, 11) is 0. The van der Waals surface area contributed by atoms with Gasteiger partial charge in [0.1, 0.15) is 0 Å². The molecule has 80 valence electrons. The van der Waals surface area contributed by atoms with Crippen molar-refractivity contribution in [2.24, 2.45) is 0 Å². The van der Waals surface area contributed by atoms with Crippen LogP contribution in [-0.2, 0) is 5.54 Å². The lowest BCUT2D eigenvalue weighted by Crippen LogP contribution is -2.23. The summed E-state index contributed by atoms with van der Waals surface area (Å²) in [6.45, 7) is 5.99. The van der Waals surface area contributed by atoms with Crippen LogP contribution in [0.15, 0.2) is 0 Å². The Labute approximate surface area is 86.5 Å². The Morgan fingerprint density at radius 3 is 2.40 bits per heavy atom. The van der Waals surface area contributed by atoms with Crippen LogP contribution in [0, 0.1) is 0 Å². The van der Waals surface area contributed by atoms with Crippen LogP contribution in [0.1, 0.15) is 20.8 Å². The van der Waals surface area contributed by atoms with Crippen LogP contribution in [-0.4, -0.2) is 25.0 Å². The lowest BCUT2D eigenvalue weighted by atomic mass is 10.1. The van der Waals surface area contributed by atoms with Crippen LogP contribution in [0.5, 0.6) is 0 Å². The summed E-state index contributed by atoms with van der Waals surface area (Å²) in [5.74, 6) is 0.390. The van der Waals surface area contributed by atoms with E-state index in [-0.39, 0.29) is 17.3 Å². The van der Waals surface area contributed by atoms with E-state index in [1.54, 1.807) is 4.68 Å². The Morgan fingerprint density at radius 1 is 1.13 bits per heavy atom. The number of nitrogens with two attached hydrogens (primary N) is 2. The van der Waals surface area contributed by atoms with Crippen LogP contribution in [0.3, 0.4) is 0 Å². The zero-order valence-electron chi connectivity index (χ0n) is 8.89. The fraction of sp³-hybridized carbons (Fsp3) is 0.500. The zero-order valence-corrected chi connectivity index (χ0v) is 8.89. The van der Waals surface area contributed by atoms with Crippen molar-refractivity contribution in [3.05, 3.63) is 0 Å². The lowest BCUT2D eigenvalue weighted by Gasteiger charge is -2.18. The van der Waals surface area contributed by atoms with Crippen LogP contribution in [0.4, 0.5) is 11.8 Å². The van der Waals surface area contributed by atoms with Crippen molar-refractivity contribution < 1.29 is 0 Å². The van der Waals surface area contributed by atoms with Crippen molar-refractivity contribution in [3.8, 4) is 0 Å². The molecule has 0 bridgehead atoms. The van der Waals surface area contributed by atoms with E-state index < -0.39 is 0 Å². The average molecular weight is 207 g/mol. The SMILES string of the molecule is CC(C)(C)n1nnc2c(N)nc(N)nc21. The largest absolute Gasteiger partial charge is 0.382 e. The number of fused-ring (bicyclic) bond motifs is 1. The van der Waals surface area contributed by atoms with E-state index >= 15 is 0 Å². The van der Waals surface area contributed by atoms with Gasteiger partial charge < -0.3 is 11.5 Å². The molecule has 0 unspecified atom stereocenters. The van der Waals surface area contributed by atoms with Gasteiger partial charge in [-0.2, -0.15) is 9.97 Å². The molecule has 15 heavy (non-hydrogen) atoms. The molecule has 0 saturated heterocycles. The van der Waals surface area contributed by atoms with Crippen LogP contribution in [0.2, 0.25) is 0 Å². The van der Waals surface area contributed by atoms with E-state index in [4.69, 9.17) is 11.5 Å². The van der Waals surface area contributed by atoms with Crippen molar-refractivity contribution in [3.63, 3.8) is 0 Å². The molecule has 2 rings (SSSR count). The molecule has 0 aliphatic carbocycles. The number of hydrogen-bond acceptors (Lipinski definition) is 6. The van der Waals surface area contributed by atoms with Gasteiger partial charge in [0.25, 0.3) is 0 Å². The Morgan fingerprint density at radius 2 is 1.80 bits per heavy atom. The summed E-state index contributed by atoms with van der Waals surface area (Å²) in [6.07, 6.45) is 0. The monoisotopic (exact) mass is 207 g/mol. The number of anilines is 2. The van der Waals surface area contributed by atoms with E-state index in [1.807, 2.05) is 20.8 Å². The Hall–Kier alpha value is -1.92. The van der Waals surface area contributed by atoms with Gasteiger partial charge in [-0.25, -0.2) is 4.68 Å². The molecule has 0 amide bonds. The summed E-state index contributed by atoms with van der Waals surface area (Å²) >= 11 is 0. The van der Waals surface area contributed by atoms with E-state index in [0.29, 0.717) is 11.2 Å². The van der Waals surface area contributed by atoms with Gasteiger partial charge >= 0.3 is 0 Å². The molecule has 0 spiro atoms. The zero-order chi connectivity index (χ0) is 11.2. The van der Waals surface area contributed by atoms with Gasteiger partial charge in [0.05, 0.1) is 5.54 Å². The fourth-order valence-electron chi connectivity index (χ4n) is 1.30. The molecule has 2 aromatic rings. The Kier molecular flexibility index (Phi) is 1.79. The molecule has 2 heterocycles. The summed E-state index contributed by atoms with van der Waals surface area (Å²) in [5, 5.41) is 7.93. The van der Waals surface area contributed by atoms with Gasteiger partial charge in [0, 0.05) is 0 Å². The highest BCUT2D eigenvalue weighted by Crippen LogP contribution is 2.21. The normalized spacial score (nSPS) is 12.2. The molecular formula is C8H13N7. The van der Waals surface area contributed by atoms with E-state index in [0.717, 1.165) is 0 Å². The van der Waals surface area contributed by atoms with Gasteiger partial charge in [0.2, 0.25) is 5.95 Å². The predicted octanol–water partition coefficient (Wildman–Crippen LogP) is 0.141. The van der Waals surface area contributed by atoms with E-state index in [1.165, 1.54) is 0 Å². The first-order valence-electron chi connectivity index (χ1n) is 4.54. The molecule has 0 aliphatic rings. The maximum absolute atomic E-state index is 5.67. The molecule has 0 saturated carbocycles. The number of aromatic nitrogens is 5. The van der Waals surface area contributed by atoms with Crippen molar-refractivity contribution in [2.45, 2.75) is 26.3 Å². The smallest absolute Gasteiger partial charge is 0.224 e. The second-order valence-corrected chi connectivity index (χ2v) is 4.31. The molecule has 4 N–H and O–H groups in total. The minimum atomic E-state index is -0.220. The van der Waals surface area contributed by atoms with Crippen LogP contribution in [0.25, 0.3) is 11.2 Å². The first-order valence-corrected chi connectivity index (χ1v) is 4.54. The Balaban J connectivity index is 2.80. The molecule has 0 atom stereocenters. The van der Waals surface area contributed by atoms with Crippen molar-refractivity contribution in [2.75, 3.05) is 11.5 Å². The highest BCUT2D eigenvalue weighted by Gasteiger charge is 2.20. The van der Waals surface area contributed by atoms with Gasteiger partial charge in [0.15, 0.2) is 17.0 Å². The Bertz CT molecular complexity index is 507. The van der Waals surface area contributed by atoms with Crippen LogP contribution < -0.4 is 11.5 Å². The number of hydrogen-bond donors (Lipinski definition) is 2. The van der Waals surface area contributed by atoms with Crippen molar-refractivity contribution >= 4 is 22.9 Å². The molecular weight excluding hydrogens is 194 g/mol. The van der Waals surface area contributed by atoms with E-state index in [2.05, 4.69) is 20.3 Å². The first-order chi connectivity index (χ1) is 6.89. The predicted molar refractivity (Wildman–Crippen MR) is 56.9 cm³/mol. The molecule has 0 aromatic carbocycles. The molecule has 7 heteroatoms. The number of nitrogen functional groups attached to an aromatic ring is 2. The highest BCUT2D eigenvalue weighted by molar-refractivity contribution is 5.81. The minimum absolute atomic E-state index is 0.132. The van der Waals surface area contributed by atoms with Gasteiger partial charge in [-0.1, -0.05) is 5.21 Å². The highest BCUT2D eigenvalue weighted by atomic mass is 15.5. The maximum Gasteiger partial charge on any atom is 0.224 e. The van der Waals surface area contributed by atoms with Gasteiger partial charge in [-0.15, -0.1) is 5.10 Å². The van der Waals surface area contributed by atoms with Gasteiger partial charge in [-0.3, -0.25) is 0 Å². The fourth-order valence-corrected chi connectivity index (χ4v) is 1.30. The average Bonchev–Trinajstić information content (AvgIpc) is 2.45. The minimum Gasteiger partial charge on any atom is -0.382 e. The van der Waals surface area contributed by atoms with Crippen LogP contribution >= 0.6 is 0 Å². The third kappa shape index (κ3) is 1.45. The number of rotatable bonds is 0. The summed E-state index contributed by atoms with van der Waals surface area (Å²) < 4.78 is 1.68. The third-order valence-electron chi connectivity index (χ3n) is 1.98. The lowest BCUT2D eigenvalue weighted by molar-refractivity contribution is 0.356. The summed E-state index contributed by atoms with van der Waals surface area (Å²) in [5.41, 5.74) is 12.0. The molecule has 0 radical (unpaired) electrons.